The summed E-state index contributed by atoms with van der Waals surface area (Å²) in [7, 11) is 0. The van der Waals surface area contributed by atoms with Crippen molar-refractivity contribution in [2.45, 2.75) is 46.0 Å². The van der Waals surface area contributed by atoms with E-state index in [2.05, 4.69) is 29.1 Å². The van der Waals surface area contributed by atoms with Crippen LogP contribution in [0.2, 0.25) is 10.2 Å². The molecule has 1 N–H and O–H groups in total. The molecule has 1 heterocycles. The highest BCUT2D eigenvalue weighted by Gasteiger charge is 2.41. The highest BCUT2D eigenvalue weighted by Crippen LogP contribution is 2.44. The SMILES string of the molecule is CC(C)CC1(C(=O)Nc2ncnc(Cl)c2Cl)CCCC1. The lowest BCUT2D eigenvalue weighted by Crippen LogP contribution is -2.35. The molecular formula is C14H19Cl2N3O. The zero-order chi connectivity index (χ0) is 14.8. The van der Waals surface area contributed by atoms with Gasteiger partial charge in [-0.1, -0.05) is 49.9 Å². The summed E-state index contributed by atoms with van der Waals surface area (Å²) in [5, 5.41) is 3.18. The molecule has 1 amide bonds. The van der Waals surface area contributed by atoms with Gasteiger partial charge in [0.15, 0.2) is 11.0 Å². The molecule has 1 saturated carbocycles. The van der Waals surface area contributed by atoms with Gasteiger partial charge in [0.2, 0.25) is 5.91 Å². The monoisotopic (exact) mass is 315 g/mol. The molecule has 20 heavy (non-hydrogen) atoms. The van der Waals surface area contributed by atoms with Gasteiger partial charge in [-0.25, -0.2) is 9.97 Å². The van der Waals surface area contributed by atoms with Crippen LogP contribution in [0, 0.1) is 11.3 Å². The normalized spacial score (nSPS) is 17.4. The van der Waals surface area contributed by atoms with E-state index in [0.717, 1.165) is 32.1 Å². The van der Waals surface area contributed by atoms with Crippen molar-refractivity contribution in [2.75, 3.05) is 5.32 Å². The third-order valence-corrected chi connectivity index (χ3v) is 4.56. The van der Waals surface area contributed by atoms with E-state index in [4.69, 9.17) is 23.2 Å². The summed E-state index contributed by atoms with van der Waals surface area (Å²) in [6.07, 6.45) is 6.22. The average Bonchev–Trinajstić information content (AvgIpc) is 2.84. The fourth-order valence-corrected chi connectivity index (χ4v) is 3.31. The van der Waals surface area contributed by atoms with Crippen LogP contribution < -0.4 is 5.32 Å². The van der Waals surface area contributed by atoms with E-state index in [0.29, 0.717) is 11.7 Å². The van der Waals surface area contributed by atoms with Gasteiger partial charge in [-0.15, -0.1) is 0 Å². The topological polar surface area (TPSA) is 54.9 Å². The van der Waals surface area contributed by atoms with Gasteiger partial charge in [-0.05, 0) is 25.2 Å². The van der Waals surface area contributed by atoms with Crippen molar-refractivity contribution in [3.05, 3.63) is 16.5 Å². The predicted octanol–water partition coefficient (Wildman–Crippen LogP) is 4.33. The standard InChI is InChI=1S/C14H19Cl2N3O/c1-9(2)7-14(5-3-4-6-14)13(20)19-12-10(15)11(16)17-8-18-12/h8-9H,3-7H2,1-2H3,(H,17,18,19,20). The maximum absolute atomic E-state index is 12.7. The maximum atomic E-state index is 12.7. The van der Waals surface area contributed by atoms with Crippen molar-refractivity contribution in [1.82, 2.24) is 9.97 Å². The summed E-state index contributed by atoms with van der Waals surface area (Å²) in [6, 6.07) is 0. The molecule has 0 unspecified atom stereocenters. The summed E-state index contributed by atoms with van der Waals surface area (Å²) in [5.41, 5.74) is -0.297. The van der Waals surface area contributed by atoms with Crippen LogP contribution in [0.5, 0.6) is 0 Å². The van der Waals surface area contributed by atoms with E-state index in [1.165, 1.54) is 6.33 Å². The molecule has 0 aliphatic heterocycles. The number of carbonyl (C=O) groups excluding carboxylic acids is 1. The molecule has 6 heteroatoms. The van der Waals surface area contributed by atoms with Gasteiger partial charge in [-0.3, -0.25) is 4.79 Å². The molecule has 0 saturated heterocycles. The second-order valence-electron chi connectivity index (χ2n) is 5.87. The number of anilines is 1. The first-order valence-corrected chi connectivity index (χ1v) is 7.68. The highest BCUT2D eigenvalue weighted by molar-refractivity contribution is 6.42. The summed E-state index contributed by atoms with van der Waals surface area (Å²) < 4.78 is 0. The number of nitrogens with zero attached hydrogens (tertiary/aromatic N) is 2. The van der Waals surface area contributed by atoms with Crippen LogP contribution in [0.4, 0.5) is 5.82 Å². The molecule has 4 nitrogen and oxygen atoms in total. The first kappa shape index (κ1) is 15.5. The van der Waals surface area contributed by atoms with Crippen molar-refractivity contribution >= 4 is 34.9 Å². The largest absolute Gasteiger partial charge is 0.309 e. The Bertz CT molecular complexity index is 499. The summed E-state index contributed by atoms with van der Waals surface area (Å²) >= 11 is 11.9. The minimum Gasteiger partial charge on any atom is -0.309 e. The van der Waals surface area contributed by atoms with Crippen molar-refractivity contribution < 1.29 is 4.79 Å². The number of hydrogen-bond acceptors (Lipinski definition) is 3. The Labute approximate surface area is 129 Å². The number of halogens is 2. The van der Waals surface area contributed by atoms with Gasteiger partial charge >= 0.3 is 0 Å². The summed E-state index contributed by atoms with van der Waals surface area (Å²) in [4.78, 5) is 20.4. The lowest BCUT2D eigenvalue weighted by molar-refractivity contribution is -0.126. The average molecular weight is 316 g/mol. The van der Waals surface area contributed by atoms with Crippen LogP contribution in [-0.4, -0.2) is 15.9 Å². The Balaban J connectivity index is 2.19. The molecule has 0 spiro atoms. The minimum absolute atomic E-state index is 0.000340. The molecule has 0 radical (unpaired) electrons. The first-order valence-electron chi connectivity index (χ1n) is 6.92. The van der Waals surface area contributed by atoms with Gasteiger partial charge in [0.25, 0.3) is 0 Å². The second-order valence-corrected chi connectivity index (χ2v) is 6.60. The fraction of sp³-hybridized carbons (Fsp3) is 0.643. The molecule has 0 atom stereocenters. The molecule has 1 aliphatic carbocycles. The van der Waals surface area contributed by atoms with E-state index in [1.54, 1.807) is 0 Å². The van der Waals surface area contributed by atoms with E-state index < -0.39 is 0 Å². The van der Waals surface area contributed by atoms with E-state index >= 15 is 0 Å². The molecule has 1 aliphatic rings. The van der Waals surface area contributed by atoms with Crippen LogP contribution in [0.15, 0.2) is 6.33 Å². The highest BCUT2D eigenvalue weighted by atomic mass is 35.5. The third kappa shape index (κ3) is 3.23. The Kier molecular flexibility index (Phi) is 4.86. The predicted molar refractivity (Wildman–Crippen MR) is 81.0 cm³/mol. The van der Waals surface area contributed by atoms with Crippen LogP contribution in [0.3, 0.4) is 0 Å². The number of nitrogens with one attached hydrogen (secondary N) is 1. The Morgan fingerprint density at radius 1 is 1.35 bits per heavy atom. The number of aromatic nitrogens is 2. The van der Waals surface area contributed by atoms with Crippen molar-refractivity contribution in [2.24, 2.45) is 11.3 Å². The quantitative estimate of drug-likeness (QED) is 0.841. The molecule has 1 aromatic heterocycles. The molecule has 110 valence electrons. The number of amides is 1. The van der Waals surface area contributed by atoms with Gasteiger partial charge in [-0.2, -0.15) is 0 Å². The van der Waals surface area contributed by atoms with E-state index in [-0.39, 0.29) is 21.5 Å². The fourth-order valence-electron chi connectivity index (χ4n) is 3.03. The van der Waals surface area contributed by atoms with Crippen LogP contribution >= 0.6 is 23.2 Å². The lowest BCUT2D eigenvalue weighted by Gasteiger charge is -2.29. The van der Waals surface area contributed by atoms with E-state index in [9.17, 15) is 4.79 Å². The Hall–Kier alpha value is -0.870. The third-order valence-electron chi connectivity index (χ3n) is 3.82. The molecule has 0 aromatic carbocycles. The molecule has 0 bridgehead atoms. The second kappa shape index (κ2) is 6.27. The zero-order valence-electron chi connectivity index (χ0n) is 11.7. The molecular weight excluding hydrogens is 297 g/mol. The summed E-state index contributed by atoms with van der Waals surface area (Å²) in [6.45, 7) is 4.28. The van der Waals surface area contributed by atoms with Crippen molar-refractivity contribution in [1.29, 1.82) is 0 Å². The van der Waals surface area contributed by atoms with Crippen LogP contribution in [-0.2, 0) is 4.79 Å². The summed E-state index contributed by atoms with van der Waals surface area (Å²) in [5.74, 6) is 0.773. The number of carbonyl (C=O) groups is 1. The lowest BCUT2D eigenvalue weighted by atomic mass is 9.77. The zero-order valence-corrected chi connectivity index (χ0v) is 13.3. The molecule has 1 fully saturated rings. The Morgan fingerprint density at radius 2 is 2.00 bits per heavy atom. The first-order chi connectivity index (χ1) is 9.44. The van der Waals surface area contributed by atoms with Crippen molar-refractivity contribution in [3.8, 4) is 0 Å². The van der Waals surface area contributed by atoms with Crippen LogP contribution in [0.1, 0.15) is 46.0 Å². The maximum Gasteiger partial charge on any atom is 0.231 e. The Morgan fingerprint density at radius 3 is 2.60 bits per heavy atom. The van der Waals surface area contributed by atoms with Gasteiger partial charge in [0, 0.05) is 5.41 Å². The van der Waals surface area contributed by atoms with Gasteiger partial charge < -0.3 is 5.32 Å². The van der Waals surface area contributed by atoms with E-state index in [1.807, 2.05) is 0 Å². The number of hydrogen-bond donors (Lipinski definition) is 1. The minimum atomic E-state index is -0.297. The van der Waals surface area contributed by atoms with Gasteiger partial charge in [0.1, 0.15) is 11.3 Å². The smallest absolute Gasteiger partial charge is 0.231 e. The molecule has 1 aromatic rings. The van der Waals surface area contributed by atoms with Crippen molar-refractivity contribution in [3.63, 3.8) is 0 Å². The van der Waals surface area contributed by atoms with Crippen LogP contribution in [0.25, 0.3) is 0 Å². The molecule has 2 rings (SSSR count). The van der Waals surface area contributed by atoms with Gasteiger partial charge in [0.05, 0.1) is 0 Å². The number of rotatable bonds is 4.